The molecule has 108 valence electrons. The maximum Gasteiger partial charge on any atom is 0.239 e. The van der Waals surface area contributed by atoms with Crippen molar-refractivity contribution in [2.24, 2.45) is 0 Å². The number of benzene rings is 1. The third-order valence-corrected chi connectivity index (χ3v) is 3.93. The monoisotopic (exact) mass is 335 g/mol. The Hall–Kier alpha value is -1.09. The number of carbonyl (C=O) groups is 1. The lowest BCUT2D eigenvalue weighted by Gasteiger charge is -2.35. The summed E-state index contributed by atoms with van der Waals surface area (Å²) in [5, 5.41) is 0. The molecule has 0 fully saturated rings. The summed E-state index contributed by atoms with van der Waals surface area (Å²) in [5.41, 5.74) is 1.18. The lowest BCUT2D eigenvalue weighted by molar-refractivity contribution is -0.135. The zero-order chi connectivity index (χ0) is 14.6. The van der Waals surface area contributed by atoms with Gasteiger partial charge < -0.3 is 4.90 Å². The highest BCUT2D eigenvalue weighted by molar-refractivity contribution is 9.10. The van der Waals surface area contributed by atoms with Gasteiger partial charge in [0.25, 0.3) is 0 Å². The summed E-state index contributed by atoms with van der Waals surface area (Å²) >= 11 is 3.51. The van der Waals surface area contributed by atoms with Crippen molar-refractivity contribution in [2.75, 3.05) is 0 Å². The highest BCUT2D eigenvalue weighted by Gasteiger charge is 2.32. The Morgan fingerprint density at radius 2 is 2.05 bits per heavy atom. The normalized spacial score (nSPS) is 18.9. The molecule has 20 heavy (non-hydrogen) atoms. The first kappa shape index (κ1) is 15.3. The van der Waals surface area contributed by atoms with Gasteiger partial charge in [0, 0.05) is 6.54 Å². The first-order valence-corrected chi connectivity index (χ1v) is 7.98. The SMILES string of the molecule is CC(C)(Br)C(=O)N(Cc1ccccc1)C1C=CCCC1. The summed E-state index contributed by atoms with van der Waals surface area (Å²) in [6.07, 6.45) is 7.71. The molecule has 0 saturated carbocycles. The Balaban J connectivity index is 2.22. The van der Waals surface area contributed by atoms with Crippen LogP contribution in [0.2, 0.25) is 0 Å². The van der Waals surface area contributed by atoms with Crippen LogP contribution >= 0.6 is 15.9 Å². The van der Waals surface area contributed by atoms with E-state index in [0.717, 1.165) is 19.3 Å². The smallest absolute Gasteiger partial charge is 0.239 e. The maximum atomic E-state index is 12.7. The molecule has 0 spiro atoms. The number of nitrogens with zero attached hydrogens (tertiary/aromatic N) is 1. The number of hydrogen-bond acceptors (Lipinski definition) is 1. The van der Waals surface area contributed by atoms with E-state index in [1.165, 1.54) is 5.56 Å². The van der Waals surface area contributed by atoms with Crippen LogP contribution in [0, 0.1) is 0 Å². The van der Waals surface area contributed by atoms with Crippen LogP contribution < -0.4 is 0 Å². The van der Waals surface area contributed by atoms with E-state index in [1.54, 1.807) is 0 Å². The van der Waals surface area contributed by atoms with Gasteiger partial charge in [0.2, 0.25) is 5.91 Å². The Bertz CT molecular complexity index is 476. The maximum absolute atomic E-state index is 12.7. The zero-order valence-corrected chi connectivity index (χ0v) is 13.8. The van der Waals surface area contributed by atoms with Crippen LogP contribution in [-0.4, -0.2) is 21.2 Å². The van der Waals surface area contributed by atoms with Gasteiger partial charge in [-0.05, 0) is 38.7 Å². The molecular weight excluding hydrogens is 314 g/mol. The molecule has 1 amide bonds. The van der Waals surface area contributed by atoms with Crippen molar-refractivity contribution in [3.8, 4) is 0 Å². The van der Waals surface area contributed by atoms with Gasteiger partial charge in [-0.3, -0.25) is 4.79 Å². The van der Waals surface area contributed by atoms with E-state index in [4.69, 9.17) is 0 Å². The number of halogens is 1. The molecule has 0 aliphatic heterocycles. The van der Waals surface area contributed by atoms with E-state index in [1.807, 2.05) is 36.9 Å². The molecule has 1 aromatic carbocycles. The third-order valence-electron chi connectivity index (χ3n) is 3.59. The summed E-state index contributed by atoms with van der Waals surface area (Å²) in [5.74, 6) is 0.151. The fourth-order valence-electron chi connectivity index (χ4n) is 2.52. The Kier molecular flexibility index (Phi) is 5.03. The largest absolute Gasteiger partial charge is 0.331 e. The predicted molar refractivity (Wildman–Crippen MR) is 86.8 cm³/mol. The standard InChI is InChI=1S/C17H22BrNO/c1-17(2,18)16(20)19(15-11-7-4-8-12-15)13-14-9-5-3-6-10-14/h3,5-7,9-11,15H,4,8,12-13H2,1-2H3. The molecular formula is C17H22BrNO. The van der Waals surface area contributed by atoms with E-state index in [0.29, 0.717) is 6.54 Å². The number of amides is 1. The van der Waals surface area contributed by atoms with Crippen molar-refractivity contribution in [1.82, 2.24) is 4.90 Å². The second-order valence-electron chi connectivity index (χ2n) is 5.82. The van der Waals surface area contributed by atoms with Gasteiger partial charge in [-0.2, -0.15) is 0 Å². The van der Waals surface area contributed by atoms with Gasteiger partial charge in [-0.1, -0.05) is 58.4 Å². The summed E-state index contributed by atoms with van der Waals surface area (Å²) in [6, 6.07) is 10.4. The van der Waals surface area contributed by atoms with Crippen LogP contribution in [0.3, 0.4) is 0 Å². The molecule has 1 aromatic rings. The average molecular weight is 336 g/mol. The van der Waals surface area contributed by atoms with Crippen LogP contribution in [0.1, 0.15) is 38.7 Å². The molecule has 0 saturated heterocycles. The summed E-state index contributed by atoms with van der Waals surface area (Å²) in [7, 11) is 0. The van der Waals surface area contributed by atoms with Gasteiger partial charge >= 0.3 is 0 Å². The minimum Gasteiger partial charge on any atom is -0.331 e. The molecule has 0 heterocycles. The minimum atomic E-state index is -0.521. The highest BCUT2D eigenvalue weighted by Crippen LogP contribution is 2.26. The second kappa shape index (κ2) is 6.57. The third kappa shape index (κ3) is 3.95. The van der Waals surface area contributed by atoms with E-state index in [9.17, 15) is 4.79 Å². The molecule has 1 atom stereocenters. The van der Waals surface area contributed by atoms with Crippen molar-refractivity contribution in [3.63, 3.8) is 0 Å². The fourth-order valence-corrected chi connectivity index (χ4v) is 2.74. The first-order valence-electron chi connectivity index (χ1n) is 7.19. The summed E-state index contributed by atoms with van der Waals surface area (Å²) < 4.78 is -0.521. The van der Waals surface area contributed by atoms with E-state index >= 15 is 0 Å². The molecule has 0 bridgehead atoms. The predicted octanol–water partition coefficient (Wildman–Crippen LogP) is 4.30. The second-order valence-corrected chi connectivity index (χ2v) is 7.80. The quantitative estimate of drug-likeness (QED) is 0.593. The number of rotatable bonds is 4. The number of allylic oxidation sites excluding steroid dienone is 1. The highest BCUT2D eigenvalue weighted by atomic mass is 79.9. The van der Waals surface area contributed by atoms with E-state index in [-0.39, 0.29) is 11.9 Å². The molecule has 2 rings (SSSR count). The molecule has 1 aliphatic rings. The van der Waals surface area contributed by atoms with E-state index in [2.05, 4.69) is 40.2 Å². The molecule has 0 aromatic heterocycles. The Morgan fingerprint density at radius 3 is 2.60 bits per heavy atom. The Labute approximate surface area is 130 Å². The van der Waals surface area contributed by atoms with Crippen molar-refractivity contribution in [1.29, 1.82) is 0 Å². The number of hydrogen-bond donors (Lipinski definition) is 0. The molecule has 2 nitrogen and oxygen atoms in total. The van der Waals surface area contributed by atoms with Gasteiger partial charge in [0.05, 0.1) is 10.4 Å². The first-order chi connectivity index (χ1) is 9.48. The molecule has 0 N–H and O–H groups in total. The number of carbonyl (C=O) groups excluding carboxylic acids is 1. The van der Waals surface area contributed by atoms with Gasteiger partial charge in [0.1, 0.15) is 0 Å². The van der Waals surface area contributed by atoms with Gasteiger partial charge in [0.15, 0.2) is 0 Å². The summed E-state index contributed by atoms with van der Waals surface area (Å²) in [4.78, 5) is 14.7. The zero-order valence-electron chi connectivity index (χ0n) is 12.2. The Morgan fingerprint density at radius 1 is 1.35 bits per heavy atom. The molecule has 0 radical (unpaired) electrons. The van der Waals surface area contributed by atoms with Gasteiger partial charge in [-0.25, -0.2) is 0 Å². The molecule has 1 unspecified atom stereocenters. The van der Waals surface area contributed by atoms with Crippen molar-refractivity contribution in [2.45, 2.75) is 50.0 Å². The van der Waals surface area contributed by atoms with Crippen LogP contribution in [0.4, 0.5) is 0 Å². The van der Waals surface area contributed by atoms with Crippen molar-refractivity contribution < 1.29 is 4.79 Å². The number of alkyl halides is 1. The van der Waals surface area contributed by atoms with Crippen LogP contribution in [-0.2, 0) is 11.3 Å². The molecule has 3 heteroatoms. The lowest BCUT2D eigenvalue weighted by atomic mass is 9.99. The lowest BCUT2D eigenvalue weighted by Crippen LogP contribution is -2.46. The fraction of sp³-hybridized carbons (Fsp3) is 0.471. The summed E-state index contributed by atoms with van der Waals surface area (Å²) in [6.45, 7) is 4.50. The van der Waals surface area contributed by atoms with E-state index < -0.39 is 4.32 Å². The van der Waals surface area contributed by atoms with Gasteiger partial charge in [-0.15, -0.1) is 0 Å². The molecule has 1 aliphatic carbocycles. The minimum absolute atomic E-state index is 0.151. The van der Waals surface area contributed by atoms with Crippen molar-refractivity contribution in [3.05, 3.63) is 48.0 Å². The van der Waals surface area contributed by atoms with Crippen LogP contribution in [0.15, 0.2) is 42.5 Å². The van der Waals surface area contributed by atoms with Crippen molar-refractivity contribution >= 4 is 21.8 Å². The average Bonchev–Trinajstić information content (AvgIpc) is 2.45. The topological polar surface area (TPSA) is 20.3 Å². The van der Waals surface area contributed by atoms with Crippen LogP contribution in [0.25, 0.3) is 0 Å². The van der Waals surface area contributed by atoms with Crippen LogP contribution in [0.5, 0.6) is 0 Å².